The number of aromatic amines is 2. The number of H-pyrrole nitrogens is 2. The van der Waals surface area contributed by atoms with E-state index in [-0.39, 0.29) is 95.2 Å². The van der Waals surface area contributed by atoms with Gasteiger partial charge in [0.2, 0.25) is 100 Å². The van der Waals surface area contributed by atoms with Gasteiger partial charge in [-0.2, -0.15) is 13.2 Å². The van der Waals surface area contributed by atoms with E-state index in [1.807, 2.05) is 13.8 Å². The molecule has 5 aromatic rings. The summed E-state index contributed by atoms with van der Waals surface area (Å²) in [5, 5.41) is 47.7. The second-order valence-corrected chi connectivity index (χ2v) is 34.5. The van der Waals surface area contributed by atoms with E-state index in [2.05, 4.69) is 73.4 Å². The summed E-state index contributed by atoms with van der Waals surface area (Å²) in [5.74, 6) is -18.5. The summed E-state index contributed by atoms with van der Waals surface area (Å²) in [6, 6.07) is -1.85. The zero-order valence-electron chi connectivity index (χ0n) is 75.9. The van der Waals surface area contributed by atoms with E-state index in [0.717, 1.165) is 48.4 Å². The van der Waals surface area contributed by atoms with E-state index in [1.54, 1.807) is 74.6 Å². The number of imidazole rings is 1. The molecule has 17 amide bonds. The topological polar surface area (TPSA) is 605 Å². The number of nitrogens with one attached hydrogen (secondary N) is 14. The third kappa shape index (κ3) is 32.3. The highest BCUT2D eigenvalue weighted by molar-refractivity contribution is 8.00. The Morgan fingerprint density at radius 2 is 1.16 bits per heavy atom. The van der Waals surface area contributed by atoms with E-state index in [4.69, 9.17) is 22.6 Å². The minimum Gasteiger partial charge on any atom is -0.394 e. The number of hydrogen-bond acceptors (Lipinski definition) is 21. The number of nitrogens with two attached hydrogens (primary N) is 3. The number of guanidine groups is 1. The highest BCUT2D eigenvalue weighted by Gasteiger charge is 2.44. The highest BCUT2D eigenvalue weighted by Crippen LogP contribution is 2.31. The number of hydrogen-bond donors (Lipinski definition) is 18. The van der Waals surface area contributed by atoms with Gasteiger partial charge in [-0.3, -0.25) is 86.9 Å². The number of aromatic nitrogens is 3. The van der Waals surface area contributed by atoms with Gasteiger partial charge in [0.25, 0.3) is 0 Å². The Labute approximate surface area is 771 Å². The number of benzene rings is 3. The van der Waals surface area contributed by atoms with Gasteiger partial charge in [-0.1, -0.05) is 120 Å². The van der Waals surface area contributed by atoms with Crippen molar-refractivity contribution in [2.45, 2.75) is 222 Å². The molecular weight excluding hydrogens is 1760 g/mol. The van der Waals surface area contributed by atoms with E-state index in [9.17, 15) is 85.4 Å². The van der Waals surface area contributed by atoms with Crippen LogP contribution >= 0.6 is 11.8 Å². The highest BCUT2D eigenvalue weighted by atomic mass is 32.2. The third-order valence-electron chi connectivity index (χ3n) is 22.7. The van der Waals surface area contributed by atoms with Gasteiger partial charge in [0.15, 0.2) is 5.96 Å². The predicted molar refractivity (Wildman–Crippen MR) is 483 cm³/mol. The lowest BCUT2D eigenvalue weighted by molar-refractivity contribution is -0.149. The number of para-hydroxylation sites is 1. The molecule has 21 N–H and O–H groups in total. The number of unbranched alkanes of at least 4 members (excludes halogenated alkanes) is 2. The van der Waals surface area contributed by atoms with Crippen molar-refractivity contribution >= 4 is 129 Å². The number of rotatable bonds is 26. The minimum atomic E-state index is -4.91. The van der Waals surface area contributed by atoms with Gasteiger partial charge < -0.3 is 115 Å². The van der Waals surface area contributed by atoms with Crippen LogP contribution in [0.3, 0.4) is 0 Å². The van der Waals surface area contributed by atoms with Crippen molar-refractivity contribution in [3.05, 3.63) is 126 Å². The van der Waals surface area contributed by atoms with Crippen molar-refractivity contribution in [3.8, 4) is 0 Å². The fourth-order valence-electron chi connectivity index (χ4n) is 15.4. The van der Waals surface area contributed by atoms with Gasteiger partial charge >= 0.3 is 6.18 Å². The Kier molecular flexibility index (Phi) is 41.4. The molecule has 7 rings (SSSR count). The standard InChI is InChI=1S/C88H124F3N23O18S/c1-10-12-29-67-80(126)103-58(28-20-32-97-87(94)95)76(122)109-66(75(121)99-43-71(93)117)46-133-47-73(119)102-62(36-51-22-15-14-16-23-51)83(129)111(7)50(5)74(120)105-64(40-70(92)116)85(131)114-33-21-31-68(114)81(127)104-60(39-55-42-96-48-100-55)78(124)106-61(34-49(3)4)82(128)110(6)44-72(118)101-59(37-52-24-19-25-54(35-52)88(89,90)91)77(123)108-65(45-115)79(125)107-63(38-53-41-98-57-27-18-17-26-56(53)57)84(130)113(9)69(30-13-11-2)86(132)112(67)8/h14-19,22-27,35,41-42,48-50,58-69,98,115H,10-13,20-21,28-34,36-40,43-47H2,1-9H3,(H2,92,116)(H2,93,117)(H,96,100)(H,99,121)(H,101,118)(H,102,119)(H,103,126)(H,104,127)(H,105,120)(H,106,124)(H,107,125)(H,108,123)(H,109,122)(H4,94,95,97)/t50-,58-,59-,60-,61-,62-,63-,64-,65-,66-,67-,68-,69-/m0/s1. The second-order valence-electron chi connectivity index (χ2n) is 33.5. The van der Waals surface area contributed by atoms with Crippen LogP contribution in [0.5, 0.6) is 0 Å². The summed E-state index contributed by atoms with van der Waals surface area (Å²) in [6.07, 6.45) is -1.87. The molecule has 133 heavy (non-hydrogen) atoms. The van der Waals surface area contributed by atoms with Crippen molar-refractivity contribution in [2.75, 3.05) is 72.5 Å². The van der Waals surface area contributed by atoms with Gasteiger partial charge in [0.05, 0.1) is 43.8 Å². The Morgan fingerprint density at radius 1 is 0.579 bits per heavy atom. The van der Waals surface area contributed by atoms with Gasteiger partial charge in [-0.05, 0) is 86.6 Å². The molecular formula is C88H124F3N23O18S. The fourth-order valence-corrected chi connectivity index (χ4v) is 16.2. The average Bonchev–Trinajstić information content (AvgIpc) is 1.21. The maximum atomic E-state index is 15.6. The number of carbonyl (C=O) groups excluding carboxylic acids is 17. The molecule has 0 bridgehead atoms. The number of carbonyl (C=O) groups is 17. The molecule has 726 valence electrons. The van der Waals surface area contributed by atoms with Crippen molar-refractivity contribution in [3.63, 3.8) is 0 Å². The predicted octanol–water partition coefficient (Wildman–Crippen LogP) is -1.60. The summed E-state index contributed by atoms with van der Waals surface area (Å²) < 4.78 is 43.1. The molecule has 2 aliphatic rings. The van der Waals surface area contributed by atoms with E-state index < -0.39 is 241 Å². The number of amides is 17. The van der Waals surface area contributed by atoms with Gasteiger partial charge in [-0.15, -0.1) is 11.8 Å². The molecule has 2 aliphatic heterocycles. The van der Waals surface area contributed by atoms with Crippen LogP contribution in [0.1, 0.15) is 140 Å². The number of likely N-dealkylation sites (N-methyl/N-ethyl adjacent to an activating group) is 4. The molecule has 2 aromatic heterocycles. The lowest BCUT2D eigenvalue weighted by Gasteiger charge is -2.36. The van der Waals surface area contributed by atoms with Crippen molar-refractivity contribution in [1.29, 1.82) is 5.41 Å². The summed E-state index contributed by atoms with van der Waals surface area (Å²) in [6.45, 7) is 5.29. The zero-order valence-corrected chi connectivity index (χ0v) is 76.7. The number of alkyl halides is 3. The minimum absolute atomic E-state index is 0.0213. The zero-order chi connectivity index (χ0) is 98.1. The number of aliphatic hydroxyl groups excluding tert-OH is 1. The van der Waals surface area contributed by atoms with Crippen LogP contribution < -0.4 is 75.7 Å². The third-order valence-corrected chi connectivity index (χ3v) is 23.8. The van der Waals surface area contributed by atoms with Crippen LogP contribution in [-0.2, 0) is 113 Å². The van der Waals surface area contributed by atoms with E-state index in [0.29, 0.717) is 53.1 Å². The van der Waals surface area contributed by atoms with Crippen LogP contribution in [0.4, 0.5) is 13.2 Å². The van der Waals surface area contributed by atoms with Gasteiger partial charge in [0, 0.05) is 102 Å². The fraction of sp³-hybridized carbons (Fsp3) is 0.534. The first-order valence-electron chi connectivity index (χ1n) is 43.9. The molecule has 13 atom stereocenters. The van der Waals surface area contributed by atoms with Gasteiger partial charge in [-0.25, -0.2) is 4.98 Å². The second kappa shape index (κ2) is 51.5. The Hall–Kier alpha value is -13.2. The van der Waals surface area contributed by atoms with Crippen LogP contribution in [0, 0.1) is 11.3 Å². The smallest absolute Gasteiger partial charge is 0.394 e. The van der Waals surface area contributed by atoms with Crippen LogP contribution in [0.25, 0.3) is 10.9 Å². The first-order valence-corrected chi connectivity index (χ1v) is 45.1. The maximum Gasteiger partial charge on any atom is 0.416 e. The first kappa shape index (κ1) is 107. The molecule has 0 saturated carbocycles. The number of primary amides is 2. The quantitative estimate of drug-likeness (QED) is 0.0168. The summed E-state index contributed by atoms with van der Waals surface area (Å²) in [5.41, 5.74) is 17.3. The molecule has 41 nitrogen and oxygen atoms in total. The average molecular weight is 1880 g/mol. The lowest BCUT2D eigenvalue weighted by atomic mass is 10.00. The number of thioether (sulfide) groups is 1. The summed E-state index contributed by atoms with van der Waals surface area (Å²) in [7, 11) is 5.00. The van der Waals surface area contributed by atoms with Crippen molar-refractivity contribution in [1.82, 2.24) is 97.9 Å². The van der Waals surface area contributed by atoms with Gasteiger partial charge in [0.1, 0.15) is 78.5 Å². The molecule has 0 spiro atoms. The Bertz CT molecular complexity index is 4910. The van der Waals surface area contributed by atoms with Crippen LogP contribution in [-0.4, -0.2) is 302 Å². The molecule has 0 aliphatic carbocycles. The molecule has 45 heteroatoms. The summed E-state index contributed by atoms with van der Waals surface area (Å²) >= 11 is 0.772. The molecule has 2 fully saturated rings. The normalized spacial score (nSPS) is 23.5. The van der Waals surface area contributed by atoms with E-state index >= 15 is 14.4 Å². The largest absolute Gasteiger partial charge is 0.416 e. The number of nitrogens with zero attached hydrogens (tertiary/aromatic N) is 6. The van der Waals surface area contributed by atoms with Crippen LogP contribution in [0.2, 0.25) is 0 Å². The van der Waals surface area contributed by atoms with Crippen molar-refractivity contribution in [2.24, 2.45) is 23.1 Å². The number of aliphatic hydroxyl groups is 1. The Morgan fingerprint density at radius 3 is 1.80 bits per heavy atom. The SMILES string of the molecule is CCCC[C@H]1C(=O)N(C)[C@@H](CCCC)C(=O)N[C@@H](CCCNC(=N)N)C(=O)N[C@H](C(=O)NCC(N)=O)CSCC(=O)N[C@@H](Cc2ccccc2)C(=O)N(C)[C@@H](C)C(=O)N[C@@H](CC(N)=O)C(=O)N2CCC[C@H]2C(=O)N[C@@H](Cc2cnc[nH]2)C(=O)N[C@@H](CC(C)C)C(=O)N(C)CC(=O)N[C@@H](Cc2cccc(C(F)(F)F)c2)C(=O)N[C@@H](CO)C(=O)N[C@@H](Cc2c[nH]c3ccccc23)C(=O)N1C. The van der Waals surface area contributed by atoms with E-state index in [1.165, 1.54) is 53.7 Å². The molecule has 0 unspecified atom stereocenters. The molecule has 4 heterocycles. The number of halogens is 3. The molecule has 2 saturated heterocycles. The molecule has 3 aromatic carbocycles. The summed E-state index contributed by atoms with van der Waals surface area (Å²) in [4.78, 5) is 263. The van der Waals surface area contributed by atoms with Crippen LogP contribution in [0.15, 0.2) is 97.6 Å². The number of fused-ring (bicyclic) bond motifs is 2. The van der Waals surface area contributed by atoms with Crippen molar-refractivity contribution < 1.29 is 99.8 Å². The monoisotopic (exact) mass is 1880 g/mol. The Balaban J connectivity index is 1.31. The first-order chi connectivity index (χ1) is 63.0. The maximum absolute atomic E-state index is 15.6. The lowest BCUT2D eigenvalue weighted by Crippen LogP contribution is -2.61. The molecule has 0 radical (unpaired) electrons.